The maximum atomic E-state index is 11.9. The molecular formula is C15H16N2O6. The maximum absolute atomic E-state index is 11.9. The van der Waals surface area contributed by atoms with E-state index >= 15 is 0 Å². The van der Waals surface area contributed by atoms with Gasteiger partial charge in [0.05, 0.1) is 18.7 Å². The zero-order chi connectivity index (χ0) is 17.0. The Balaban J connectivity index is 2.17. The number of hydrogen-bond donors (Lipinski definition) is 2. The van der Waals surface area contributed by atoms with Gasteiger partial charge in [-0.3, -0.25) is 24.1 Å². The van der Waals surface area contributed by atoms with Gasteiger partial charge < -0.3 is 15.2 Å². The van der Waals surface area contributed by atoms with Gasteiger partial charge in [0.1, 0.15) is 11.5 Å². The highest BCUT2D eigenvalue weighted by Gasteiger charge is 2.26. The third-order valence-electron chi connectivity index (χ3n) is 3.13. The Bertz CT molecular complexity index is 670. The molecule has 0 bridgehead atoms. The fourth-order valence-corrected chi connectivity index (χ4v) is 2.12. The second kappa shape index (κ2) is 6.91. The Hall–Kier alpha value is -2.90. The lowest BCUT2D eigenvalue weighted by Crippen LogP contribution is -2.41. The van der Waals surface area contributed by atoms with Crippen molar-refractivity contribution in [3.8, 4) is 5.75 Å². The first-order valence-corrected chi connectivity index (χ1v) is 6.95. The van der Waals surface area contributed by atoms with Gasteiger partial charge in [-0.2, -0.15) is 0 Å². The SMILES string of the molecule is CC(=O)CN1C(=O)COc2ccc(NC(=O)CCC(=O)O)cc21. The molecule has 0 saturated heterocycles. The molecule has 0 radical (unpaired) electrons. The summed E-state index contributed by atoms with van der Waals surface area (Å²) in [6, 6.07) is 4.69. The van der Waals surface area contributed by atoms with Crippen LogP contribution in [0.1, 0.15) is 19.8 Å². The van der Waals surface area contributed by atoms with Crippen LogP contribution in [0, 0.1) is 0 Å². The van der Waals surface area contributed by atoms with Crippen LogP contribution in [0.4, 0.5) is 11.4 Å². The molecular weight excluding hydrogens is 304 g/mol. The summed E-state index contributed by atoms with van der Waals surface area (Å²) >= 11 is 0. The van der Waals surface area contributed by atoms with E-state index in [0.29, 0.717) is 17.1 Å². The van der Waals surface area contributed by atoms with Crippen LogP contribution in [0.15, 0.2) is 18.2 Å². The Morgan fingerprint density at radius 2 is 2.04 bits per heavy atom. The van der Waals surface area contributed by atoms with Gasteiger partial charge in [0.15, 0.2) is 6.61 Å². The molecule has 1 aromatic rings. The second-order valence-corrected chi connectivity index (χ2v) is 5.09. The van der Waals surface area contributed by atoms with Crippen LogP contribution in [-0.4, -0.2) is 41.8 Å². The molecule has 2 N–H and O–H groups in total. The molecule has 0 aliphatic carbocycles. The van der Waals surface area contributed by atoms with Crippen LogP contribution in [-0.2, 0) is 19.2 Å². The number of hydrogen-bond acceptors (Lipinski definition) is 5. The predicted octanol–water partition coefficient (Wildman–Crippen LogP) is 0.804. The van der Waals surface area contributed by atoms with E-state index in [2.05, 4.69) is 5.32 Å². The summed E-state index contributed by atoms with van der Waals surface area (Å²) in [7, 11) is 0. The number of amides is 2. The molecule has 0 aromatic heterocycles. The number of nitrogens with one attached hydrogen (secondary N) is 1. The van der Waals surface area contributed by atoms with E-state index in [1.54, 1.807) is 12.1 Å². The highest BCUT2D eigenvalue weighted by molar-refractivity contribution is 6.03. The quantitative estimate of drug-likeness (QED) is 0.802. The molecule has 8 heteroatoms. The highest BCUT2D eigenvalue weighted by Crippen LogP contribution is 2.34. The van der Waals surface area contributed by atoms with Gasteiger partial charge in [0.25, 0.3) is 5.91 Å². The van der Waals surface area contributed by atoms with E-state index < -0.39 is 11.9 Å². The first-order valence-electron chi connectivity index (χ1n) is 6.95. The number of Topliss-reactive ketones (excluding diaryl/α,β-unsaturated/α-hetero) is 1. The normalized spacial score (nSPS) is 13.1. The molecule has 0 spiro atoms. The minimum Gasteiger partial charge on any atom is -0.482 e. The minimum atomic E-state index is -1.06. The van der Waals surface area contributed by atoms with Crippen LogP contribution in [0.25, 0.3) is 0 Å². The van der Waals surface area contributed by atoms with Crippen LogP contribution in [0.2, 0.25) is 0 Å². The van der Waals surface area contributed by atoms with Gasteiger partial charge in [-0.15, -0.1) is 0 Å². The molecule has 0 saturated carbocycles. The Morgan fingerprint density at radius 3 is 2.70 bits per heavy atom. The third kappa shape index (κ3) is 4.29. The molecule has 8 nitrogen and oxygen atoms in total. The lowest BCUT2D eigenvalue weighted by molar-refractivity contribution is -0.138. The minimum absolute atomic E-state index is 0.0778. The maximum Gasteiger partial charge on any atom is 0.303 e. The molecule has 1 aliphatic rings. The number of carboxylic acid groups (broad SMARTS) is 1. The van der Waals surface area contributed by atoms with Crippen LogP contribution in [0.3, 0.4) is 0 Å². The zero-order valence-corrected chi connectivity index (χ0v) is 12.5. The van der Waals surface area contributed by atoms with Crippen molar-refractivity contribution in [2.24, 2.45) is 0 Å². The van der Waals surface area contributed by atoms with Gasteiger partial charge >= 0.3 is 5.97 Å². The van der Waals surface area contributed by atoms with Gasteiger partial charge in [-0.1, -0.05) is 0 Å². The number of carbonyl (C=O) groups excluding carboxylic acids is 3. The van der Waals surface area contributed by atoms with Crippen molar-refractivity contribution in [3.05, 3.63) is 18.2 Å². The number of rotatable bonds is 6. The van der Waals surface area contributed by atoms with Crippen LogP contribution in [0.5, 0.6) is 5.75 Å². The fraction of sp³-hybridized carbons (Fsp3) is 0.333. The number of ether oxygens (including phenoxy) is 1. The second-order valence-electron chi connectivity index (χ2n) is 5.09. The van der Waals surface area contributed by atoms with E-state index in [1.807, 2.05) is 0 Å². The standard InChI is InChI=1S/C15H16N2O6/c1-9(18)7-17-11-6-10(16-13(19)4-5-15(21)22)2-3-12(11)23-8-14(17)20/h2-3,6H,4-5,7-8H2,1H3,(H,16,19)(H,21,22). The van der Waals surface area contributed by atoms with E-state index in [-0.39, 0.29) is 37.7 Å². The number of nitrogens with zero attached hydrogens (tertiary/aromatic N) is 1. The molecule has 0 fully saturated rings. The lowest BCUT2D eigenvalue weighted by atomic mass is 10.2. The van der Waals surface area contributed by atoms with Crippen molar-refractivity contribution in [1.82, 2.24) is 0 Å². The molecule has 2 amide bonds. The number of benzene rings is 1. The summed E-state index contributed by atoms with van der Waals surface area (Å²) in [5.74, 6) is -1.59. The van der Waals surface area contributed by atoms with Crippen molar-refractivity contribution >= 4 is 34.9 Å². The summed E-state index contributed by atoms with van der Waals surface area (Å²) < 4.78 is 5.29. The summed E-state index contributed by atoms with van der Waals surface area (Å²) in [6.45, 7) is 1.15. The zero-order valence-electron chi connectivity index (χ0n) is 12.5. The van der Waals surface area contributed by atoms with Crippen molar-refractivity contribution < 1.29 is 29.0 Å². The van der Waals surface area contributed by atoms with Crippen LogP contribution >= 0.6 is 0 Å². The molecule has 1 aromatic carbocycles. The molecule has 1 heterocycles. The topological polar surface area (TPSA) is 113 Å². The average Bonchev–Trinajstić information content (AvgIpc) is 2.48. The summed E-state index contributed by atoms with van der Waals surface area (Å²) in [4.78, 5) is 46.6. The van der Waals surface area contributed by atoms with Crippen molar-refractivity contribution in [3.63, 3.8) is 0 Å². The molecule has 0 atom stereocenters. The van der Waals surface area contributed by atoms with Gasteiger partial charge in [0, 0.05) is 12.1 Å². The third-order valence-corrected chi connectivity index (χ3v) is 3.13. The highest BCUT2D eigenvalue weighted by atomic mass is 16.5. The molecule has 122 valence electrons. The number of fused-ring (bicyclic) bond motifs is 1. The van der Waals surface area contributed by atoms with Gasteiger partial charge in [0.2, 0.25) is 5.91 Å². The number of carboxylic acids is 1. The van der Waals surface area contributed by atoms with Crippen LogP contribution < -0.4 is 15.0 Å². The van der Waals surface area contributed by atoms with E-state index in [9.17, 15) is 19.2 Å². The predicted molar refractivity (Wildman–Crippen MR) is 80.5 cm³/mol. The smallest absolute Gasteiger partial charge is 0.303 e. The molecule has 23 heavy (non-hydrogen) atoms. The first kappa shape index (κ1) is 16.5. The van der Waals surface area contributed by atoms with Crippen molar-refractivity contribution in [2.45, 2.75) is 19.8 Å². The monoisotopic (exact) mass is 320 g/mol. The Morgan fingerprint density at radius 1 is 1.30 bits per heavy atom. The average molecular weight is 320 g/mol. The Kier molecular flexibility index (Phi) is 4.95. The van der Waals surface area contributed by atoms with Gasteiger partial charge in [-0.25, -0.2) is 0 Å². The number of anilines is 2. The van der Waals surface area contributed by atoms with E-state index in [0.717, 1.165) is 0 Å². The van der Waals surface area contributed by atoms with E-state index in [1.165, 1.54) is 17.9 Å². The largest absolute Gasteiger partial charge is 0.482 e. The Labute approximate surface area is 132 Å². The molecule has 0 unspecified atom stereocenters. The first-order chi connectivity index (χ1) is 10.9. The summed E-state index contributed by atoms with van der Waals surface area (Å²) in [5.41, 5.74) is 0.790. The van der Waals surface area contributed by atoms with Gasteiger partial charge in [-0.05, 0) is 25.1 Å². The number of ketones is 1. The fourth-order valence-electron chi connectivity index (χ4n) is 2.12. The van der Waals surface area contributed by atoms with Crippen molar-refractivity contribution in [2.75, 3.05) is 23.4 Å². The molecule has 1 aliphatic heterocycles. The summed E-state index contributed by atoms with van der Waals surface area (Å²) in [5, 5.41) is 11.1. The molecule has 2 rings (SSSR count). The van der Waals surface area contributed by atoms with E-state index in [4.69, 9.17) is 9.84 Å². The van der Waals surface area contributed by atoms with Crippen molar-refractivity contribution in [1.29, 1.82) is 0 Å². The lowest BCUT2D eigenvalue weighted by Gasteiger charge is -2.29. The number of carbonyl (C=O) groups is 4. The summed E-state index contributed by atoms with van der Waals surface area (Å²) in [6.07, 6.45) is -0.423. The number of aliphatic carboxylic acids is 1.